The fraction of sp³-hybridized carbons (Fsp3) is 0.562. The lowest BCUT2D eigenvalue weighted by Crippen LogP contribution is -2.33. The number of rotatable bonds is 4. The normalized spacial score (nSPS) is 20.0. The second-order valence-corrected chi connectivity index (χ2v) is 6.00. The van der Waals surface area contributed by atoms with E-state index in [1.807, 2.05) is 19.1 Å². The van der Waals surface area contributed by atoms with Crippen molar-refractivity contribution in [1.82, 2.24) is 4.90 Å². The zero-order valence-electron chi connectivity index (χ0n) is 12.7. The molecule has 5 heteroatoms. The molecule has 1 saturated heterocycles. The molecule has 1 aromatic carbocycles. The highest BCUT2D eigenvalue weighted by Crippen LogP contribution is 2.20. The molecule has 1 aliphatic heterocycles. The largest absolute Gasteiger partial charge is 0.377 e. The van der Waals surface area contributed by atoms with Gasteiger partial charge in [-0.15, -0.1) is 0 Å². The highest BCUT2D eigenvalue weighted by atomic mass is 35.5. The third kappa shape index (κ3) is 5.30. The maximum Gasteiger partial charge on any atom is 0.225 e. The van der Waals surface area contributed by atoms with E-state index in [2.05, 4.69) is 17.1 Å². The summed E-state index contributed by atoms with van der Waals surface area (Å²) in [6.45, 7) is 7.48. The molecule has 0 radical (unpaired) electrons. The summed E-state index contributed by atoms with van der Waals surface area (Å²) in [5.41, 5.74) is 1.76. The number of anilines is 1. The number of halogens is 1. The zero-order valence-corrected chi connectivity index (χ0v) is 13.4. The van der Waals surface area contributed by atoms with Crippen LogP contribution in [0.25, 0.3) is 0 Å². The topological polar surface area (TPSA) is 41.6 Å². The molecule has 1 aromatic rings. The summed E-state index contributed by atoms with van der Waals surface area (Å²) >= 11 is 6.06. The summed E-state index contributed by atoms with van der Waals surface area (Å²) in [6, 6.07) is 5.57. The van der Waals surface area contributed by atoms with E-state index in [9.17, 15) is 4.79 Å². The Labute approximate surface area is 131 Å². The predicted octanol–water partition coefficient (Wildman–Crippen LogP) is 3.09. The first-order valence-corrected chi connectivity index (χ1v) is 7.82. The Morgan fingerprint density at radius 2 is 2.33 bits per heavy atom. The maximum absolute atomic E-state index is 12.0. The van der Waals surface area contributed by atoms with Crippen LogP contribution < -0.4 is 5.32 Å². The van der Waals surface area contributed by atoms with Crippen LogP contribution >= 0.6 is 11.6 Å². The average molecular weight is 311 g/mol. The molecule has 21 heavy (non-hydrogen) atoms. The molecule has 0 aliphatic carbocycles. The molecule has 4 nitrogen and oxygen atoms in total. The Morgan fingerprint density at radius 3 is 3.10 bits per heavy atom. The van der Waals surface area contributed by atoms with E-state index in [4.69, 9.17) is 16.3 Å². The van der Waals surface area contributed by atoms with Crippen LogP contribution in [-0.2, 0) is 9.53 Å². The molecule has 1 fully saturated rings. The second-order valence-electron chi connectivity index (χ2n) is 5.60. The summed E-state index contributed by atoms with van der Waals surface area (Å²) < 4.78 is 5.60. The van der Waals surface area contributed by atoms with Crippen LogP contribution in [0.2, 0.25) is 5.02 Å². The van der Waals surface area contributed by atoms with Crippen molar-refractivity contribution in [3.05, 3.63) is 28.8 Å². The van der Waals surface area contributed by atoms with Crippen molar-refractivity contribution in [2.24, 2.45) is 0 Å². The van der Waals surface area contributed by atoms with E-state index >= 15 is 0 Å². The third-order valence-electron chi connectivity index (χ3n) is 3.65. The van der Waals surface area contributed by atoms with Gasteiger partial charge in [0.2, 0.25) is 5.91 Å². The number of carbonyl (C=O) groups is 1. The maximum atomic E-state index is 12.0. The number of ether oxygens (including phenoxy) is 1. The van der Waals surface area contributed by atoms with E-state index in [1.54, 1.807) is 6.07 Å². The summed E-state index contributed by atoms with van der Waals surface area (Å²) in [5.74, 6) is 0.0211. The van der Waals surface area contributed by atoms with Crippen molar-refractivity contribution in [2.45, 2.75) is 32.8 Å². The SMILES string of the molecule is Cc1ccc(NC(=O)CCN2CCCO[C@@H](C)C2)cc1Cl. The van der Waals surface area contributed by atoms with Crippen molar-refractivity contribution >= 4 is 23.2 Å². The van der Waals surface area contributed by atoms with E-state index in [0.29, 0.717) is 11.4 Å². The molecule has 0 unspecified atom stereocenters. The van der Waals surface area contributed by atoms with Gasteiger partial charge in [-0.25, -0.2) is 0 Å². The van der Waals surface area contributed by atoms with Crippen LogP contribution in [-0.4, -0.2) is 43.2 Å². The van der Waals surface area contributed by atoms with Crippen molar-refractivity contribution < 1.29 is 9.53 Å². The lowest BCUT2D eigenvalue weighted by Gasteiger charge is -2.21. The fourth-order valence-electron chi connectivity index (χ4n) is 2.44. The molecule has 1 amide bonds. The van der Waals surface area contributed by atoms with Crippen LogP contribution in [0.3, 0.4) is 0 Å². The van der Waals surface area contributed by atoms with E-state index in [-0.39, 0.29) is 12.0 Å². The number of hydrogen-bond donors (Lipinski definition) is 1. The summed E-state index contributed by atoms with van der Waals surface area (Å²) in [4.78, 5) is 14.3. The molecule has 116 valence electrons. The molecule has 0 aromatic heterocycles. The average Bonchev–Trinajstić information content (AvgIpc) is 2.65. The van der Waals surface area contributed by atoms with Crippen molar-refractivity contribution in [3.63, 3.8) is 0 Å². The summed E-state index contributed by atoms with van der Waals surface area (Å²) in [6.07, 6.45) is 1.75. The van der Waals surface area contributed by atoms with Gasteiger partial charge in [-0.1, -0.05) is 17.7 Å². The Kier molecular flexibility index (Phi) is 6.03. The number of benzene rings is 1. The first kappa shape index (κ1) is 16.3. The van der Waals surface area contributed by atoms with E-state index in [0.717, 1.165) is 43.9 Å². The number of hydrogen-bond acceptors (Lipinski definition) is 3. The van der Waals surface area contributed by atoms with Crippen molar-refractivity contribution in [1.29, 1.82) is 0 Å². The fourth-order valence-corrected chi connectivity index (χ4v) is 2.62. The molecule has 1 N–H and O–H groups in total. The van der Waals surface area contributed by atoms with Gasteiger partial charge in [-0.2, -0.15) is 0 Å². The monoisotopic (exact) mass is 310 g/mol. The van der Waals surface area contributed by atoms with Gasteiger partial charge in [0.05, 0.1) is 6.10 Å². The minimum absolute atomic E-state index is 0.0211. The van der Waals surface area contributed by atoms with Gasteiger partial charge >= 0.3 is 0 Å². The standard InChI is InChI=1S/C16H23ClN2O2/c1-12-4-5-14(10-15(12)17)18-16(20)6-8-19-7-3-9-21-13(2)11-19/h4-5,10,13H,3,6-9,11H2,1-2H3,(H,18,20)/t13-/m0/s1. The number of carbonyl (C=O) groups excluding carboxylic acids is 1. The molecular formula is C16H23ClN2O2. The van der Waals surface area contributed by atoms with Gasteiger partial charge in [0.25, 0.3) is 0 Å². The summed E-state index contributed by atoms with van der Waals surface area (Å²) in [7, 11) is 0. The molecule has 0 saturated carbocycles. The number of nitrogens with one attached hydrogen (secondary N) is 1. The van der Waals surface area contributed by atoms with E-state index < -0.39 is 0 Å². The van der Waals surface area contributed by atoms with Crippen molar-refractivity contribution in [2.75, 3.05) is 31.6 Å². The van der Waals surface area contributed by atoms with Gasteiger partial charge in [0.15, 0.2) is 0 Å². The number of aryl methyl sites for hydroxylation is 1. The van der Waals surface area contributed by atoms with Crippen LogP contribution in [0.1, 0.15) is 25.3 Å². The minimum Gasteiger partial charge on any atom is -0.377 e. The van der Waals surface area contributed by atoms with Crippen LogP contribution in [0.5, 0.6) is 0 Å². The van der Waals surface area contributed by atoms with E-state index in [1.165, 1.54) is 0 Å². The Bertz CT molecular complexity index is 493. The third-order valence-corrected chi connectivity index (χ3v) is 4.05. The second kappa shape index (κ2) is 7.78. The molecule has 1 heterocycles. The Balaban J connectivity index is 1.80. The van der Waals surface area contributed by atoms with Crippen LogP contribution in [0.4, 0.5) is 5.69 Å². The minimum atomic E-state index is 0.0211. The Hall–Kier alpha value is -1.10. The Morgan fingerprint density at radius 1 is 1.52 bits per heavy atom. The lowest BCUT2D eigenvalue weighted by molar-refractivity contribution is -0.116. The molecule has 0 spiro atoms. The molecule has 2 rings (SSSR count). The zero-order chi connectivity index (χ0) is 15.2. The summed E-state index contributed by atoms with van der Waals surface area (Å²) in [5, 5.41) is 3.57. The number of nitrogens with zero attached hydrogens (tertiary/aromatic N) is 1. The van der Waals surface area contributed by atoms with Crippen LogP contribution in [0.15, 0.2) is 18.2 Å². The first-order chi connectivity index (χ1) is 10.0. The molecule has 1 aliphatic rings. The number of amides is 1. The van der Waals surface area contributed by atoms with Gasteiger partial charge in [0.1, 0.15) is 0 Å². The van der Waals surface area contributed by atoms with Gasteiger partial charge in [-0.05, 0) is 38.0 Å². The van der Waals surface area contributed by atoms with Crippen LogP contribution in [0, 0.1) is 6.92 Å². The molecule has 0 bridgehead atoms. The van der Waals surface area contributed by atoms with Gasteiger partial charge < -0.3 is 15.0 Å². The van der Waals surface area contributed by atoms with Crippen molar-refractivity contribution in [3.8, 4) is 0 Å². The molecular weight excluding hydrogens is 288 g/mol. The van der Waals surface area contributed by atoms with Gasteiger partial charge in [-0.3, -0.25) is 4.79 Å². The predicted molar refractivity (Wildman–Crippen MR) is 85.9 cm³/mol. The lowest BCUT2D eigenvalue weighted by atomic mass is 10.2. The molecule has 1 atom stereocenters. The quantitative estimate of drug-likeness (QED) is 0.929. The smallest absolute Gasteiger partial charge is 0.225 e. The first-order valence-electron chi connectivity index (χ1n) is 7.44. The van der Waals surface area contributed by atoms with Gasteiger partial charge in [0, 0.05) is 43.4 Å². The highest BCUT2D eigenvalue weighted by Gasteiger charge is 2.15. The highest BCUT2D eigenvalue weighted by molar-refractivity contribution is 6.31.